The molecule has 0 saturated heterocycles. The first-order chi connectivity index (χ1) is 8.69. The molecule has 0 aliphatic heterocycles. The number of nitrogens with two attached hydrogens (primary N) is 1. The van der Waals surface area contributed by atoms with Gasteiger partial charge in [0.15, 0.2) is 5.82 Å². The van der Waals surface area contributed by atoms with Crippen LogP contribution in [0, 0.1) is 0 Å². The molecule has 0 bridgehead atoms. The average molecular weight is 267 g/mol. The highest BCUT2D eigenvalue weighted by molar-refractivity contribution is 8.00. The van der Waals surface area contributed by atoms with Gasteiger partial charge < -0.3 is 15.8 Å². The van der Waals surface area contributed by atoms with Gasteiger partial charge in [0.2, 0.25) is 5.88 Å². The van der Waals surface area contributed by atoms with Gasteiger partial charge in [-0.3, -0.25) is 0 Å². The second-order valence-corrected chi connectivity index (χ2v) is 6.01. The number of nitrogens with zero attached hydrogens (tertiary/aromatic N) is 1. The molecule has 100 valence electrons. The zero-order valence-electron chi connectivity index (χ0n) is 11.0. The van der Waals surface area contributed by atoms with E-state index in [0.29, 0.717) is 16.3 Å². The minimum atomic E-state index is 0.344. The summed E-state index contributed by atoms with van der Waals surface area (Å²) in [6, 6.07) is 3.61. The van der Waals surface area contributed by atoms with Crippen molar-refractivity contribution in [2.24, 2.45) is 0 Å². The minimum Gasteiger partial charge on any atom is -0.481 e. The number of pyridine rings is 1. The maximum absolute atomic E-state index is 5.93. The lowest BCUT2D eigenvalue weighted by Gasteiger charge is -2.27. The number of anilines is 2. The van der Waals surface area contributed by atoms with Gasteiger partial charge in [0.25, 0.3) is 0 Å². The Morgan fingerprint density at radius 3 is 2.78 bits per heavy atom. The van der Waals surface area contributed by atoms with Crippen molar-refractivity contribution in [3.05, 3.63) is 12.1 Å². The Bertz CT molecular complexity index is 405. The molecule has 0 atom stereocenters. The predicted molar refractivity (Wildman–Crippen MR) is 78.4 cm³/mol. The first-order valence-corrected chi connectivity index (χ1v) is 7.51. The molecule has 1 aromatic heterocycles. The van der Waals surface area contributed by atoms with Crippen LogP contribution < -0.4 is 15.8 Å². The molecule has 0 unspecified atom stereocenters. The normalized spacial score (nSPS) is 17.7. The topological polar surface area (TPSA) is 60.2 Å². The molecule has 0 spiro atoms. The lowest BCUT2D eigenvalue weighted by Crippen LogP contribution is -2.30. The summed E-state index contributed by atoms with van der Waals surface area (Å²) < 4.78 is 5.47. The fraction of sp³-hybridized carbons (Fsp3) is 0.615. The number of hydrogen-bond donors (Lipinski definition) is 2. The van der Waals surface area contributed by atoms with Crippen LogP contribution in [0.4, 0.5) is 11.5 Å². The standard InChI is InChI=1S/C13H21N3OS/c1-17-11-6-5-10(14)12(16-11)15-9-13(18-2)7-3-4-8-13/h5-6H,3-4,7-9,14H2,1-2H3,(H,15,16). The molecule has 5 heteroatoms. The Balaban J connectivity index is 2.05. The van der Waals surface area contributed by atoms with E-state index in [4.69, 9.17) is 10.5 Å². The Morgan fingerprint density at radius 2 is 2.17 bits per heavy atom. The number of aromatic nitrogens is 1. The second-order valence-electron chi connectivity index (χ2n) is 4.74. The maximum Gasteiger partial charge on any atom is 0.215 e. The van der Waals surface area contributed by atoms with Crippen molar-refractivity contribution >= 4 is 23.3 Å². The molecule has 1 heterocycles. The number of nitrogens with one attached hydrogen (secondary N) is 1. The van der Waals surface area contributed by atoms with Crippen LogP contribution in [0.1, 0.15) is 25.7 Å². The van der Waals surface area contributed by atoms with Gasteiger partial charge in [0, 0.05) is 17.4 Å². The summed E-state index contributed by atoms with van der Waals surface area (Å²) in [6.07, 6.45) is 7.37. The zero-order valence-corrected chi connectivity index (χ0v) is 11.8. The third kappa shape index (κ3) is 2.83. The summed E-state index contributed by atoms with van der Waals surface area (Å²) >= 11 is 1.95. The lowest BCUT2D eigenvalue weighted by atomic mass is 10.1. The van der Waals surface area contributed by atoms with Crippen molar-refractivity contribution in [3.8, 4) is 5.88 Å². The van der Waals surface area contributed by atoms with Gasteiger partial charge in [0.05, 0.1) is 12.8 Å². The summed E-state index contributed by atoms with van der Waals surface area (Å²) in [5.41, 5.74) is 6.60. The number of methoxy groups -OCH3 is 1. The third-order valence-electron chi connectivity index (χ3n) is 3.64. The first kappa shape index (κ1) is 13.3. The van der Waals surface area contributed by atoms with E-state index in [1.54, 1.807) is 13.2 Å². The fourth-order valence-corrected chi connectivity index (χ4v) is 3.34. The Hall–Kier alpha value is -1.10. The average Bonchev–Trinajstić information content (AvgIpc) is 2.87. The van der Waals surface area contributed by atoms with E-state index in [1.165, 1.54) is 25.7 Å². The van der Waals surface area contributed by atoms with Crippen molar-refractivity contribution in [2.75, 3.05) is 31.0 Å². The fourth-order valence-electron chi connectivity index (χ4n) is 2.42. The van der Waals surface area contributed by atoms with Crippen molar-refractivity contribution < 1.29 is 4.74 Å². The van der Waals surface area contributed by atoms with Crippen LogP contribution in [0.2, 0.25) is 0 Å². The quantitative estimate of drug-likeness (QED) is 0.859. The van der Waals surface area contributed by atoms with Gasteiger partial charge in [-0.2, -0.15) is 16.7 Å². The van der Waals surface area contributed by atoms with E-state index in [2.05, 4.69) is 16.6 Å². The van der Waals surface area contributed by atoms with Crippen molar-refractivity contribution in [1.82, 2.24) is 4.98 Å². The number of ether oxygens (including phenoxy) is 1. The minimum absolute atomic E-state index is 0.344. The van der Waals surface area contributed by atoms with Crippen LogP contribution in [-0.2, 0) is 0 Å². The maximum atomic E-state index is 5.93. The first-order valence-electron chi connectivity index (χ1n) is 6.29. The van der Waals surface area contributed by atoms with Crippen LogP contribution in [-0.4, -0.2) is 29.6 Å². The molecule has 3 N–H and O–H groups in total. The predicted octanol–water partition coefficient (Wildman–Crippen LogP) is 2.76. The van der Waals surface area contributed by atoms with Crippen molar-refractivity contribution in [1.29, 1.82) is 0 Å². The molecule has 0 amide bonds. The van der Waals surface area contributed by atoms with Crippen LogP contribution in [0.5, 0.6) is 5.88 Å². The van der Waals surface area contributed by atoms with Crippen LogP contribution in [0.3, 0.4) is 0 Å². The van der Waals surface area contributed by atoms with Crippen molar-refractivity contribution in [2.45, 2.75) is 30.4 Å². The molecule has 4 nitrogen and oxygen atoms in total. The highest BCUT2D eigenvalue weighted by Crippen LogP contribution is 2.40. The van der Waals surface area contributed by atoms with Crippen molar-refractivity contribution in [3.63, 3.8) is 0 Å². The van der Waals surface area contributed by atoms with E-state index in [1.807, 2.05) is 17.8 Å². The summed E-state index contributed by atoms with van der Waals surface area (Å²) in [5.74, 6) is 1.32. The van der Waals surface area contributed by atoms with Gasteiger partial charge in [-0.05, 0) is 25.2 Å². The smallest absolute Gasteiger partial charge is 0.215 e. The molecular formula is C13H21N3OS. The highest BCUT2D eigenvalue weighted by Gasteiger charge is 2.32. The van der Waals surface area contributed by atoms with E-state index in [9.17, 15) is 0 Å². The molecule has 1 aliphatic rings. The molecule has 0 radical (unpaired) electrons. The van der Waals surface area contributed by atoms with E-state index in [-0.39, 0.29) is 0 Å². The summed E-state index contributed by atoms with van der Waals surface area (Å²) in [5, 5.41) is 3.38. The summed E-state index contributed by atoms with van der Waals surface area (Å²) in [4.78, 5) is 4.35. The van der Waals surface area contributed by atoms with Gasteiger partial charge >= 0.3 is 0 Å². The summed E-state index contributed by atoms with van der Waals surface area (Å²) in [7, 11) is 1.61. The Kier molecular flexibility index (Phi) is 4.22. The number of rotatable bonds is 5. The molecule has 1 aromatic rings. The molecule has 1 fully saturated rings. The zero-order chi connectivity index (χ0) is 13.0. The molecule has 2 rings (SSSR count). The molecule has 18 heavy (non-hydrogen) atoms. The molecular weight excluding hydrogens is 246 g/mol. The van der Waals surface area contributed by atoms with Crippen LogP contribution >= 0.6 is 11.8 Å². The molecule has 1 saturated carbocycles. The van der Waals surface area contributed by atoms with Gasteiger partial charge in [0.1, 0.15) is 0 Å². The third-order valence-corrected chi connectivity index (χ3v) is 5.05. The van der Waals surface area contributed by atoms with Crippen LogP contribution in [0.25, 0.3) is 0 Å². The Labute approximate surface area is 113 Å². The monoisotopic (exact) mass is 267 g/mol. The van der Waals surface area contributed by atoms with Crippen LogP contribution in [0.15, 0.2) is 12.1 Å². The summed E-state index contributed by atoms with van der Waals surface area (Å²) in [6.45, 7) is 0.915. The lowest BCUT2D eigenvalue weighted by molar-refractivity contribution is 0.398. The van der Waals surface area contributed by atoms with Gasteiger partial charge in [-0.25, -0.2) is 0 Å². The number of nitrogen functional groups attached to an aromatic ring is 1. The molecule has 1 aliphatic carbocycles. The molecule has 0 aromatic carbocycles. The number of hydrogen-bond acceptors (Lipinski definition) is 5. The van der Waals surface area contributed by atoms with E-state index < -0.39 is 0 Å². The SMILES string of the molecule is COc1ccc(N)c(NCC2(SC)CCCC2)n1. The highest BCUT2D eigenvalue weighted by atomic mass is 32.2. The Morgan fingerprint density at radius 1 is 1.44 bits per heavy atom. The largest absolute Gasteiger partial charge is 0.481 e. The van der Waals surface area contributed by atoms with Gasteiger partial charge in [-0.15, -0.1) is 0 Å². The second kappa shape index (κ2) is 5.69. The van der Waals surface area contributed by atoms with Gasteiger partial charge in [-0.1, -0.05) is 12.8 Å². The van der Waals surface area contributed by atoms with E-state index >= 15 is 0 Å². The van der Waals surface area contributed by atoms with E-state index in [0.717, 1.165) is 12.4 Å². The number of thioether (sulfide) groups is 1.